The second-order valence-corrected chi connectivity index (χ2v) is 19.1. The molecule has 0 bridgehead atoms. The number of carbonyl (C=O) groups excluding carboxylic acids is 4. The largest absolute Gasteiger partial charge is 0.383 e. The summed E-state index contributed by atoms with van der Waals surface area (Å²) in [6.45, 7) is 24.0. The summed E-state index contributed by atoms with van der Waals surface area (Å²) in [4.78, 5) is 59.8. The standard InChI is InChI=1S/C17H18N4O2S2.C11H10N2OS2.C8H7NOS2.C6H10N2O2/c1-19-4-6-21(2)16-10-15-14(25-16)9-13(24-15)8-12(11-18)17(22)20-5-7-23-3;1-12-3-4-13(2)11-6-10-9(16-11)5-8(7-14)15-10;1-9-8-3-7-6(12-8)2-5(4-10)11-7;1-7-5-6(9)8-3-4-10-2/h8-10H,4-7H2,2-3H3,(H,20,22);5-7H,3-4H2,2H3;2-4,9H,1H3;3-5H2,2H3,(H,8,9)/b12-8+;;;. The van der Waals surface area contributed by atoms with Gasteiger partial charge in [0.15, 0.2) is 12.6 Å². The molecular formula is C42H45N9O6S6. The molecule has 63 heavy (non-hydrogen) atoms. The fraction of sp³-hybridized carbons (Fsp3) is 0.333. The zero-order chi connectivity index (χ0) is 46.1. The molecule has 0 radical (unpaired) electrons. The molecule has 0 unspecified atom stereocenters. The van der Waals surface area contributed by atoms with Crippen molar-refractivity contribution in [2.45, 2.75) is 0 Å². The third-order valence-corrected chi connectivity index (χ3v) is 15.0. The molecule has 0 aromatic carbocycles. The van der Waals surface area contributed by atoms with Gasteiger partial charge in [0.1, 0.15) is 11.6 Å². The highest BCUT2D eigenvalue weighted by atomic mass is 32.1. The maximum absolute atomic E-state index is 12.0. The first-order valence-electron chi connectivity index (χ1n) is 18.7. The smallest absolute Gasteiger partial charge is 0.300 e. The van der Waals surface area contributed by atoms with Crippen LogP contribution in [-0.2, 0) is 19.1 Å². The van der Waals surface area contributed by atoms with Gasteiger partial charge in [-0.25, -0.2) is 19.7 Å². The van der Waals surface area contributed by atoms with E-state index in [0.29, 0.717) is 45.9 Å². The SMILES string of the molecule is CNc1cc2sc(C=O)cc2s1.[C-]#[N+]CC(=O)NCCOC.[C-]#[N+]CCN(C)c1cc2sc(/C=C(\C#N)C(=O)NCCOC)cc2s1.[C-]#[N+]CCN(C)c1cc2sc(C=O)cc2s1. The van der Waals surface area contributed by atoms with E-state index < -0.39 is 5.91 Å². The van der Waals surface area contributed by atoms with E-state index in [4.69, 9.17) is 24.5 Å². The van der Waals surface area contributed by atoms with Crippen molar-refractivity contribution in [3.05, 3.63) is 90.9 Å². The predicted molar refractivity (Wildman–Crippen MR) is 264 cm³/mol. The van der Waals surface area contributed by atoms with E-state index >= 15 is 0 Å². The summed E-state index contributed by atoms with van der Waals surface area (Å²) in [6, 6.07) is 14.0. The molecule has 0 spiro atoms. The van der Waals surface area contributed by atoms with E-state index in [2.05, 4.69) is 63.2 Å². The topological polar surface area (TPSA) is 166 Å². The second-order valence-electron chi connectivity index (χ2n) is 12.6. The molecule has 330 valence electrons. The van der Waals surface area contributed by atoms with Crippen LogP contribution in [-0.4, -0.2) is 119 Å². The summed E-state index contributed by atoms with van der Waals surface area (Å²) in [5.74, 6) is -0.636. The molecule has 6 aromatic rings. The van der Waals surface area contributed by atoms with Crippen LogP contribution in [0.15, 0.2) is 42.0 Å². The van der Waals surface area contributed by atoms with Gasteiger partial charge in [0, 0.05) is 81.5 Å². The van der Waals surface area contributed by atoms with Gasteiger partial charge >= 0.3 is 0 Å². The number of rotatable bonds is 18. The van der Waals surface area contributed by atoms with E-state index in [1.54, 1.807) is 54.3 Å². The number of thiophene rings is 6. The van der Waals surface area contributed by atoms with Crippen molar-refractivity contribution in [1.82, 2.24) is 10.6 Å². The van der Waals surface area contributed by atoms with Gasteiger partial charge in [-0.15, -0.1) is 68.0 Å². The zero-order valence-electron chi connectivity index (χ0n) is 35.1. The Morgan fingerprint density at radius 3 is 1.59 bits per heavy atom. The Labute approximate surface area is 390 Å². The van der Waals surface area contributed by atoms with Gasteiger partial charge in [0.25, 0.3) is 18.4 Å². The molecule has 2 amide bonds. The normalized spacial score (nSPS) is 10.3. The van der Waals surface area contributed by atoms with Crippen LogP contribution in [0, 0.1) is 31.0 Å². The monoisotopic (exact) mass is 963 g/mol. The third kappa shape index (κ3) is 16.8. The second kappa shape index (κ2) is 28.1. The van der Waals surface area contributed by atoms with E-state index in [0.717, 1.165) is 67.6 Å². The highest BCUT2D eigenvalue weighted by Gasteiger charge is 2.14. The van der Waals surface area contributed by atoms with Gasteiger partial charge in [-0.1, -0.05) is 0 Å². The Morgan fingerprint density at radius 1 is 0.698 bits per heavy atom. The lowest BCUT2D eigenvalue weighted by atomic mass is 10.2. The quantitative estimate of drug-likeness (QED) is 0.0250. The molecule has 0 aliphatic rings. The van der Waals surface area contributed by atoms with Crippen molar-refractivity contribution < 1.29 is 28.7 Å². The number of nitrogens with zero attached hydrogens (tertiary/aromatic N) is 6. The molecule has 0 fully saturated rings. The number of hydrogen-bond acceptors (Lipinski definition) is 16. The number of amides is 2. The van der Waals surface area contributed by atoms with Crippen molar-refractivity contribution in [3.63, 3.8) is 0 Å². The van der Waals surface area contributed by atoms with Crippen LogP contribution in [0.3, 0.4) is 0 Å². The Hall–Kier alpha value is -5.72. The van der Waals surface area contributed by atoms with Crippen molar-refractivity contribution >= 4 is 142 Å². The molecule has 6 rings (SSSR count). The van der Waals surface area contributed by atoms with Crippen LogP contribution in [0.1, 0.15) is 24.2 Å². The van der Waals surface area contributed by atoms with E-state index in [9.17, 15) is 24.4 Å². The maximum atomic E-state index is 12.0. The molecule has 6 aromatic heterocycles. The van der Waals surface area contributed by atoms with Crippen LogP contribution in [0.2, 0.25) is 0 Å². The molecule has 0 atom stereocenters. The predicted octanol–water partition coefficient (Wildman–Crippen LogP) is 8.60. The molecule has 0 saturated heterocycles. The first-order chi connectivity index (χ1) is 30.5. The van der Waals surface area contributed by atoms with Crippen LogP contribution in [0.4, 0.5) is 15.0 Å². The lowest BCUT2D eigenvalue weighted by Gasteiger charge is -2.12. The lowest BCUT2D eigenvalue weighted by molar-refractivity contribution is -0.119. The number of anilines is 3. The third-order valence-electron chi connectivity index (χ3n) is 8.07. The summed E-state index contributed by atoms with van der Waals surface area (Å²) in [7, 11) is 8.97. The van der Waals surface area contributed by atoms with Gasteiger partial charge in [-0.3, -0.25) is 19.2 Å². The summed E-state index contributed by atoms with van der Waals surface area (Å²) in [5, 5.41) is 20.8. The molecule has 21 heteroatoms. The fourth-order valence-corrected chi connectivity index (χ4v) is 11.5. The molecular weight excluding hydrogens is 919 g/mol. The number of nitrogens with one attached hydrogen (secondary N) is 3. The molecule has 0 aliphatic carbocycles. The lowest BCUT2D eigenvalue weighted by Crippen LogP contribution is -2.28. The molecule has 15 nitrogen and oxygen atoms in total. The fourth-order valence-electron chi connectivity index (χ4n) is 4.92. The number of carbonyl (C=O) groups is 4. The number of methoxy groups -OCH3 is 2. The number of hydrogen-bond donors (Lipinski definition) is 3. The van der Waals surface area contributed by atoms with Gasteiger partial charge < -0.3 is 49.8 Å². The first-order valence-corrected chi connectivity index (χ1v) is 23.6. The Kier molecular flexibility index (Phi) is 23.0. The van der Waals surface area contributed by atoms with Crippen molar-refractivity contribution in [2.75, 3.05) is 110 Å². The number of nitriles is 1. The average molecular weight is 964 g/mol. The van der Waals surface area contributed by atoms with Crippen LogP contribution in [0.25, 0.3) is 48.8 Å². The minimum absolute atomic E-state index is 0.0828. The summed E-state index contributed by atoms with van der Waals surface area (Å²) in [5.41, 5.74) is 0.0828. The van der Waals surface area contributed by atoms with Gasteiger partial charge in [-0.05, 0) is 42.5 Å². The summed E-state index contributed by atoms with van der Waals surface area (Å²) in [6.07, 6.45) is 3.40. The maximum Gasteiger partial charge on any atom is 0.300 e. The Bertz CT molecular complexity index is 2530. The summed E-state index contributed by atoms with van der Waals surface area (Å²) < 4.78 is 16.4. The highest BCUT2D eigenvalue weighted by Crippen LogP contribution is 2.39. The number of likely N-dealkylation sites (N-methyl/N-ethyl adjacent to an activating group) is 2. The number of fused-ring (bicyclic) bond motifs is 3. The number of aldehydes is 2. The van der Waals surface area contributed by atoms with Gasteiger partial charge in [0.2, 0.25) is 13.1 Å². The van der Waals surface area contributed by atoms with E-state index in [-0.39, 0.29) is 18.0 Å². The Balaban J connectivity index is 0.000000239. The first kappa shape index (κ1) is 51.6. The molecule has 6 heterocycles. The van der Waals surface area contributed by atoms with Crippen LogP contribution in [0.5, 0.6) is 0 Å². The summed E-state index contributed by atoms with van der Waals surface area (Å²) >= 11 is 9.57. The van der Waals surface area contributed by atoms with Crippen LogP contribution >= 0.6 is 68.0 Å². The molecule has 3 N–H and O–H groups in total. The molecule has 0 aliphatic heterocycles. The average Bonchev–Trinajstić information content (AvgIpc) is 4.14. The van der Waals surface area contributed by atoms with Gasteiger partial charge in [-0.2, -0.15) is 5.26 Å². The van der Waals surface area contributed by atoms with Crippen LogP contribution < -0.4 is 25.8 Å². The minimum atomic E-state index is -0.393. The van der Waals surface area contributed by atoms with Crippen molar-refractivity contribution in [1.29, 1.82) is 5.26 Å². The zero-order valence-corrected chi connectivity index (χ0v) is 40.0. The van der Waals surface area contributed by atoms with E-state index in [1.807, 2.05) is 45.4 Å². The van der Waals surface area contributed by atoms with Crippen molar-refractivity contribution in [3.8, 4) is 6.07 Å². The van der Waals surface area contributed by atoms with Crippen molar-refractivity contribution in [2.24, 2.45) is 0 Å². The number of ether oxygens (including phenoxy) is 2. The van der Waals surface area contributed by atoms with Gasteiger partial charge in [0.05, 0.1) is 51.1 Å². The van der Waals surface area contributed by atoms with E-state index in [1.165, 1.54) is 43.4 Å². The minimum Gasteiger partial charge on any atom is -0.383 e. The highest BCUT2D eigenvalue weighted by molar-refractivity contribution is 7.31. The Morgan fingerprint density at radius 2 is 1.16 bits per heavy atom. The molecule has 0 saturated carbocycles.